The molecule has 8 heteroatoms. The van der Waals surface area contributed by atoms with Crippen LogP contribution in [0.5, 0.6) is 0 Å². The molecule has 0 spiro atoms. The molecule has 1 saturated heterocycles. The topological polar surface area (TPSA) is 67.2 Å². The number of halogens is 1. The quantitative estimate of drug-likeness (QED) is 0.702. The number of hydrogen-bond acceptors (Lipinski definition) is 5. The Morgan fingerprint density at radius 3 is 3.04 bits per heavy atom. The minimum Gasteiger partial charge on any atom is -0.341 e. The highest BCUT2D eigenvalue weighted by Gasteiger charge is 2.23. The van der Waals surface area contributed by atoms with Gasteiger partial charge in [0.25, 0.3) is 0 Å². The van der Waals surface area contributed by atoms with Gasteiger partial charge >= 0.3 is 0 Å². The zero-order valence-electron chi connectivity index (χ0n) is 15.8. The molecule has 7 nitrogen and oxygen atoms in total. The molecule has 146 valence electrons. The summed E-state index contributed by atoms with van der Waals surface area (Å²) in [5.74, 6) is 0.328. The fraction of sp³-hybridized carbons (Fsp3) is 0.579. The Balaban J connectivity index is 1.48. The highest BCUT2D eigenvalue weighted by atomic mass is 19.1. The van der Waals surface area contributed by atoms with Gasteiger partial charge in [0.1, 0.15) is 18.7 Å². The van der Waals surface area contributed by atoms with Crippen LogP contribution >= 0.6 is 0 Å². The van der Waals surface area contributed by atoms with Gasteiger partial charge in [0.15, 0.2) is 0 Å². The number of hydrogen-bond donors (Lipinski definition) is 0. The average molecular weight is 374 g/mol. The minimum atomic E-state index is -0.177. The first-order valence-corrected chi connectivity index (χ1v) is 9.59. The van der Waals surface area contributed by atoms with Gasteiger partial charge in [-0.2, -0.15) is 0 Å². The number of aromatic nitrogens is 4. The third kappa shape index (κ3) is 5.82. The van der Waals surface area contributed by atoms with Crippen molar-refractivity contribution in [2.45, 2.75) is 32.7 Å². The van der Waals surface area contributed by atoms with Crippen LogP contribution in [0.25, 0.3) is 0 Å². The molecule has 2 aromatic rings. The Morgan fingerprint density at radius 2 is 2.30 bits per heavy atom. The Kier molecular flexibility index (Phi) is 6.86. The smallest absolute Gasteiger partial charge is 0.244 e. The van der Waals surface area contributed by atoms with E-state index in [1.165, 1.54) is 17.1 Å². The highest BCUT2D eigenvalue weighted by Crippen LogP contribution is 2.18. The van der Waals surface area contributed by atoms with E-state index in [2.05, 4.69) is 20.4 Å². The molecule has 0 N–H and O–H groups in total. The summed E-state index contributed by atoms with van der Waals surface area (Å²) in [6.45, 7) is 6.58. The fourth-order valence-corrected chi connectivity index (χ4v) is 3.69. The zero-order chi connectivity index (χ0) is 19.1. The van der Waals surface area contributed by atoms with Gasteiger partial charge in [0.2, 0.25) is 5.91 Å². The van der Waals surface area contributed by atoms with Crippen molar-refractivity contribution in [3.05, 3.63) is 42.0 Å². The molecule has 1 aromatic heterocycles. The summed E-state index contributed by atoms with van der Waals surface area (Å²) in [5, 5.41) is 10.9. The first-order valence-electron chi connectivity index (χ1n) is 9.59. The van der Waals surface area contributed by atoms with Crippen molar-refractivity contribution in [1.82, 2.24) is 30.0 Å². The van der Waals surface area contributed by atoms with Gasteiger partial charge in [0, 0.05) is 26.2 Å². The number of likely N-dealkylation sites (N-methyl/N-ethyl adjacent to an activating group) is 1. The molecule has 1 aliphatic rings. The van der Waals surface area contributed by atoms with Crippen molar-refractivity contribution < 1.29 is 9.18 Å². The van der Waals surface area contributed by atoms with Crippen molar-refractivity contribution in [2.24, 2.45) is 5.92 Å². The number of nitrogens with zero attached hydrogens (tertiary/aromatic N) is 6. The van der Waals surface area contributed by atoms with Gasteiger partial charge < -0.3 is 9.80 Å². The van der Waals surface area contributed by atoms with E-state index in [1.807, 2.05) is 17.9 Å². The van der Waals surface area contributed by atoms with Crippen LogP contribution in [0.15, 0.2) is 30.6 Å². The van der Waals surface area contributed by atoms with Crippen LogP contribution in [0.2, 0.25) is 0 Å². The monoisotopic (exact) mass is 374 g/mol. The minimum absolute atomic E-state index is 0.0432. The van der Waals surface area contributed by atoms with Crippen molar-refractivity contribution in [1.29, 1.82) is 0 Å². The molecule has 1 amide bonds. The van der Waals surface area contributed by atoms with E-state index in [4.69, 9.17) is 0 Å². The van der Waals surface area contributed by atoms with E-state index < -0.39 is 0 Å². The second-order valence-corrected chi connectivity index (χ2v) is 7.13. The summed E-state index contributed by atoms with van der Waals surface area (Å²) in [5.41, 5.74) is 1.03. The van der Waals surface area contributed by atoms with Crippen LogP contribution < -0.4 is 0 Å². The van der Waals surface area contributed by atoms with Crippen LogP contribution in [0.1, 0.15) is 25.3 Å². The first-order chi connectivity index (χ1) is 13.1. The van der Waals surface area contributed by atoms with E-state index in [9.17, 15) is 9.18 Å². The lowest BCUT2D eigenvalue weighted by atomic mass is 9.97. The van der Waals surface area contributed by atoms with Gasteiger partial charge in [-0.3, -0.25) is 4.79 Å². The van der Waals surface area contributed by atoms with Crippen LogP contribution in [0.4, 0.5) is 4.39 Å². The van der Waals surface area contributed by atoms with Crippen LogP contribution in [-0.4, -0.2) is 68.6 Å². The van der Waals surface area contributed by atoms with E-state index in [0.717, 1.165) is 51.0 Å². The summed E-state index contributed by atoms with van der Waals surface area (Å²) in [4.78, 5) is 16.8. The summed E-state index contributed by atoms with van der Waals surface area (Å²) in [6, 6.07) is 6.82. The molecule has 1 atom stereocenters. The van der Waals surface area contributed by atoms with E-state index in [0.29, 0.717) is 12.5 Å². The second-order valence-electron chi connectivity index (χ2n) is 7.13. The summed E-state index contributed by atoms with van der Waals surface area (Å²) in [7, 11) is 0. The molecular formula is C19H27FN6O. The van der Waals surface area contributed by atoms with Crippen molar-refractivity contribution in [2.75, 3.05) is 32.7 Å². The van der Waals surface area contributed by atoms with Gasteiger partial charge in [0.05, 0.1) is 0 Å². The fourth-order valence-electron chi connectivity index (χ4n) is 3.69. The van der Waals surface area contributed by atoms with Gasteiger partial charge in [-0.25, -0.2) is 9.07 Å². The van der Waals surface area contributed by atoms with Gasteiger partial charge in [-0.05, 0) is 66.8 Å². The van der Waals surface area contributed by atoms with E-state index in [-0.39, 0.29) is 18.3 Å². The van der Waals surface area contributed by atoms with Gasteiger partial charge in [-0.15, -0.1) is 5.10 Å². The largest absolute Gasteiger partial charge is 0.341 e. The summed E-state index contributed by atoms with van der Waals surface area (Å²) < 4.78 is 14.8. The Hall–Kier alpha value is -2.35. The normalized spacial score (nSPS) is 17.8. The highest BCUT2D eigenvalue weighted by molar-refractivity contribution is 5.75. The van der Waals surface area contributed by atoms with Crippen molar-refractivity contribution in [3.63, 3.8) is 0 Å². The second kappa shape index (κ2) is 9.55. The number of carbonyl (C=O) groups excluding carboxylic acids is 1. The number of rotatable bonds is 8. The molecule has 27 heavy (non-hydrogen) atoms. The molecule has 1 aliphatic heterocycles. The van der Waals surface area contributed by atoms with Crippen molar-refractivity contribution in [3.8, 4) is 0 Å². The average Bonchev–Trinajstić information content (AvgIpc) is 3.18. The molecule has 0 radical (unpaired) electrons. The third-order valence-corrected chi connectivity index (χ3v) is 5.11. The third-order valence-electron chi connectivity index (χ3n) is 5.11. The molecule has 0 saturated carbocycles. The lowest BCUT2D eigenvalue weighted by Crippen LogP contribution is -2.44. The van der Waals surface area contributed by atoms with Crippen LogP contribution in [0, 0.1) is 11.7 Å². The number of piperidine rings is 1. The molecule has 2 heterocycles. The predicted octanol–water partition coefficient (Wildman–Crippen LogP) is 1.62. The molecular weight excluding hydrogens is 347 g/mol. The maximum Gasteiger partial charge on any atom is 0.244 e. The number of tetrazole rings is 1. The molecule has 1 fully saturated rings. The molecule has 0 aliphatic carbocycles. The van der Waals surface area contributed by atoms with E-state index >= 15 is 0 Å². The SMILES string of the molecule is CCN(C[C@H]1CCCN(CCc2cccc(F)c2)C1)C(=O)Cn1cnnn1. The predicted molar refractivity (Wildman–Crippen MR) is 99.3 cm³/mol. The van der Waals surface area contributed by atoms with Crippen molar-refractivity contribution >= 4 is 5.91 Å². The number of amides is 1. The lowest BCUT2D eigenvalue weighted by molar-refractivity contribution is -0.132. The molecule has 0 bridgehead atoms. The Labute approximate surface area is 159 Å². The number of benzene rings is 1. The summed E-state index contributed by atoms with van der Waals surface area (Å²) >= 11 is 0. The lowest BCUT2D eigenvalue weighted by Gasteiger charge is -2.35. The van der Waals surface area contributed by atoms with Crippen LogP contribution in [-0.2, 0) is 17.8 Å². The Morgan fingerprint density at radius 1 is 1.41 bits per heavy atom. The van der Waals surface area contributed by atoms with E-state index in [1.54, 1.807) is 12.1 Å². The maximum atomic E-state index is 13.3. The molecule has 1 aromatic carbocycles. The first kappa shape index (κ1) is 19.4. The standard InChI is InChI=1S/C19H27FN6O/c1-2-25(19(27)14-26-15-21-22-23-26)13-17-6-4-9-24(12-17)10-8-16-5-3-7-18(20)11-16/h3,5,7,11,15,17H,2,4,6,8-10,12-14H2,1H3/t17-/m0/s1. The van der Waals surface area contributed by atoms with Gasteiger partial charge in [-0.1, -0.05) is 12.1 Å². The number of carbonyl (C=O) groups is 1. The molecule has 3 rings (SSSR count). The number of likely N-dealkylation sites (tertiary alicyclic amines) is 1. The molecule has 0 unspecified atom stereocenters. The zero-order valence-corrected chi connectivity index (χ0v) is 15.8. The Bertz CT molecular complexity index is 723. The summed E-state index contributed by atoms with van der Waals surface area (Å²) in [6.07, 6.45) is 4.57. The van der Waals surface area contributed by atoms with Crippen LogP contribution in [0.3, 0.4) is 0 Å². The maximum absolute atomic E-state index is 13.3.